The van der Waals surface area contributed by atoms with Crippen LogP contribution in [0, 0.1) is 5.82 Å². The molecule has 0 bridgehead atoms. The third-order valence-corrected chi connectivity index (χ3v) is 3.32. The Labute approximate surface area is 144 Å². The summed E-state index contributed by atoms with van der Waals surface area (Å²) in [7, 11) is 0. The van der Waals surface area contributed by atoms with E-state index >= 15 is 0 Å². The van der Waals surface area contributed by atoms with E-state index in [0.717, 1.165) is 0 Å². The first-order valence-electron chi connectivity index (χ1n) is 7.70. The topological polar surface area (TPSA) is 90.7 Å². The molecule has 25 heavy (non-hydrogen) atoms. The van der Waals surface area contributed by atoms with E-state index in [0.29, 0.717) is 18.1 Å². The second kappa shape index (κ2) is 8.14. The predicted molar refractivity (Wildman–Crippen MR) is 91.2 cm³/mol. The lowest BCUT2D eigenvalue weighted by molar-refractivity contribution is -0.122. The number of rotatable bonds is 7. The van der Waals surface area contributed by atoms with Gasteiger partial charge in [-0.05, 0) is 56.3 Å². The van der Waals surface area contributed by atoms with Gasteiger partial charge >= 0.3 is 0 Å². The number of carbonyl (C=O) groups is 2. The van der Waals surface area contributed by atoms with Crippen LogP contribution in [-0.2, 0) is 4.79 Å². The van der Waals surface area contributed by atoms with Crippen molar-refractivity contribution in [2.75, 3.05) is 11.9 Å². The number of primary amides is 1. The van der Waals surface area contributed by atoms with E-state index in [1.807, 2.05) is 6.92 Å². The van der Waals surface area contributed by atoms with Gasteiger partial charge in [0.2, 0.25) is 0 Å². The summed E-state index contributed by atoms with van der Waals surface area (Å²) >= 11 is 0. The number of ether oxygens (including phenoxy) is 2. The third-order valence-electron chi connectivity index (χ3n) is 3.32. The van der Waals surface area contributed by atoms with Crippen molar-refractivity contribution in [3.05, 3.63) is 53.8 Å². The molecule has 6 nitrogen and oxygen atoms in total. The maximum Gasteiger partial charge on any atom is 0.265 e. The first kappa shape index (κ1) is 18.3. The van der Waals surface area contributed by atoms with Crippen LogP contribution in [0.25, 0.3) is 0 Å². The molecule has 2 aromatic rings. The molecule has 2 aromatic carbocycles. The molecule has 0 radical (unpaired) electrons. The molecule has 2 rings (SSSR count). The summed E-state index contributed by atoms with van der Waals surface area (Å²) in [6.45, 7) is 3.79. The second-order valence-corrected chi connectivity index (χ2v) is 5.21. The molecule has 0 spiro atoms. The molecular formula is C18H19FN2O4. The molecule has 0 aromatic heterocycles. The van der Waals surface area contributed by atoms with Crippen LogP contribution in [-0.4, -0.2) is 24.5 Å². The zero-order valence-electron chi connectivity index (χ0n) is 13.9. The van der Waals surface area contributed by atoms with E-state index in [9.17, 15) is 14.0 Å². The van der Waals surface area contributed by atoms with Gasteiger partial charge in [0, 0.05) is 0 Å². The van der Waals surface area contributed by atoms with E-state index < -0.39 is 23.7 Å². The van der Waals surface area contributed by atoms with Crippen LogP contribution in [0.1, 0.15) is 24.2 Å². The normalized spacial score (nSPS) is 11.5. The smallest absolute Gasteiger partial charge is 0.265 e. The van der Waals surface area contributed by atoms with E-state index in [4.69, 9.17) is 15.2 Å². The summed E-state index contributed by atoms with van der Waals surface area (Å²) in [6, 6.07) is 9.93. The fraction of sp³-hybridized carbons (Fsp3) is 0.222. The van der Waals surface area contributed by atoms with Gasteiger partial charge in [0.1, 0.15) is 17.3 Å². The van der Waals surface area contributed by atoms with Crippen molar-refractivity contribution in [2.45, 2.75) is 20.0 Å². The molecular weight excluding hydrogens is 327 g/mol. The molecule has 2 amide bonds. The molecule has 3 N–H and O–H groups in total. The monoisotopic (exact) mass is 346 g/mol. The summed E-state index contributed by atoms with van der Waals surface area (Å²) < 4.78 is 23.7. The van der Waals surface area contributed by atoms with Crippen molar-refractivity contribution in [3.63, 3.8) is 0 Å². The van der Waals surface area contributed by atoms with Crippen molar-refractivity contribution in [1.82, 2.24) is 0 Å². The van der Waals surface area contributed by atoms with Crippen LogP contribution in [0.15, 0.2) is 42.5 Å². The van der Waals surface area contributed by atoms with E-state index in [1.54, 1.807) is 6.07 Å². The van der Waals surface area contributed by atoms with Gasteiger partial charge in [-0.3, -0.25) is 9.59 Å². The summed E-state index contributed by atoms with van der Waals surface area (Å²) in [5, 5.41) is 2.60. The summed E-state index contributed by atoms with van der Waals surface area (Å²) in [4.78, 5) is 23.9. The molecule has 7 heteroatoms. The number of carbonyl (C=O) groups excluding carboxylic acids is 2. The highest BCUT2D eigenvalue weighted by Gasteiger charge is 2.18. The van der Waals surface area contributed by atoms with Crippen molar-refractivity contribution >= 4 is 17.5 Å². The largest absolute Gasteiger partial charge is 0.494 e. The van der Waals surface area contributed by atoms with Crippen molar-refractivity contribution < 1.29 is 23.5 Å². The number of nitrogens with two attached hydrogens (primary N) is 1. The first-order valence-corrected chi connectivity index (χ1v) is 7.70. The van der Waals surface area contributed by atoms with Gasteiger partial charge in [0.05, 0.1) is 17.9 Å². The van der Waals surface area contributed by atoms with Crippen LogP contribution < -0.4 is 20.5 Å². The number of amides is 2. The number of benzene rings is 2. The van der Waals surface area contributed by atoms with Gasteiger partial charge in [-0.2, -0.15) is 0 Å². The number of nitrogens with one attached hydrogen (secondary N) is 1. The van der Waals surface area contributed by atoms with Gasteiger partial charge in [0.25, 0.3) is 11.8 Å². The number of anilines is 1. The van der Waals surface area contributed by atoms with E-state index in [2.05, 4.69) is 5.32 Å². The Morgan fingerprint density at radius 2 is 1.80 bits per heavy atom. The van der Waals surface area contributed by atoms with Crippen molar-refractivity contribution in [1.29, 1.82) is 0 Å². The zero-order valence-corrected chi connectivity index (χ0v) is 13.9. The van der Waals surface area contributed by atoms with Crippen LogP contribution in [0.3, 0.4) is 0 Å². The lowest BCUT2D eigenvalue weighted by Crippen LogP contribution is -2.31. The van der Waals surface area contributed by atoms with Crippen molar-refractivity contribution in [2.24, 2.45) is 5.73 Å². The minimum atomic E-state index is -0.863. The lowest BCUT2D eigenvalue weighted by Gasteiger charge is -2.16. The van der Waals surface area contributed by atoms with Gasteiger partial charge in [-0.25, -0.2) is 4.39 Å². The molecule has 0 aliphatic heterocycles. The fourth-order valence-corrected chi connectivity index (χ4v) is 2.10. The average molecular weight is 346 g/mol. The SMILES string of the molecule is CCOc1ccc(NC(=O)[C@@H](C)Oc2ccc(F)cc2)c(C(N)=O)c1. The Balaban J connectivity index is 2.10. The summed E-state index contributed by atoms with van der Waals surface area (Å²) in [5.41, 5.74) is 5.75. The highest BCUT2D eigenvalue weighted by Crippen LogP contribution is 2.22. The minimum absolute atomic E-state index is 0.133. The van der Waals surface area contributed by atoms with Gasteiger partial charge < -0.3 is 20.5 Å². The van der Waals surface area contributed by atoms with Crippen LogP contribution in [0.5, 0.6) is 11.5 Å². The molecule has 1 atom stereocenters. The van der Waals surface area contributed by atoms with Gasteiger partial charge in [0.15, 0.2) is 6.10 Å². The number of hydrogen-bond donors (Lipinski definition) is 2. The zero-order chi connectivity index (χ0) is 18.4. The predicted octanol–water partition coefficient (Wildman–Crippen LogP) is 2.73. The Hall–Kier alpha value is -3.09. The number of hydrogen-bond acceptors (Lipinski definition) is 4. The number of halogens is 1. The molecule has 0 heterocycles. The van der Waals surface area contributed by atoms with E-state index in [1.165, 1.54) is 43.3 Å². The molecule has 0 saturated heterocycles. The maximum atomic E-state index is 12.9. The van der Waals surface area contributed by atoms with Crippen molar-refractivity contribution in [3.8, 4) is 11.5 Å². The molecule has 132 valence electrons. The molecule has 0 aliphatic rings. The van der Waals surface area contributed by atoms with Gasteiger partial charge in [-0.15, -0.1) is 0 Å². The van der Waals surface area contributed by atoms with Gasteiger partial charge in [-0.1, -0.05) is 0 Å². The van der Waals surface area contributed by atoms with Crippen LogP contribution in [0.4, 0.5) is 10.1 Å². The van der Waals surface area contributed by atoms with E-state index in [-0.39, 0.29) is 11.3 Å². The summed E-state index contributed by atoms with van der Waals surface area (Å²) in [5.74, 6) is -0.735. The standard InChI is InChI=1S/C18H19FN2O4/c1-3-24-14-8-9-16(15(10-14)17(20)22)21-18(23)11(2)25-13-6-4-12(19)5-7-13/h4-11H,3H2,1-2H3,(H2,20,22)(H,21,23)/t11-/m1/s1. The average Bonchev–Trinajstić information content (AvgIpc) is 2.58. The summed E-state index contributed by atoms with van der Waals surface area (Å²) in [6.07, 6.45) is -0.863. The fourth-order valence-electron chi connectivity index (χ4n) is 2.10. The lowest BCUT2D eigenvalue weighted by atomic mass is 10.1. The Bertz CT molecular complexity index is 762. The van der Waals surface area contributed by atoms with Crippen LogP contribution >= 0.6 is 0 Å². The highest BCUT2D eigenvalue weighted by molar-refractivity contribution is 6.04. The highest BCUT2D eigenvalue weighted by atomic mass is 19.1. The third kappa shape index (κ3) is 4.94. The second-order valence-electron chi connectivity index (χ2n) is 5.21. The first-order chi connectivity index (χ1) is 11.9. The molecule has 0 unspecified atom stereocenters. The maximum absolute atomic E-state index is 12.9. The Morgan fingerprint density at radius 1 is 1.16 bits per heavy atom. The minimum Gasteiger partial charge on any atom is -0.494 e. The Morgan fingerprint density at radius 3 is 2.40 bits per heavy atom. The quantitative estimate of drug-likeness (QED) is 0.806. The molecule has 0 fully saturated rings. The Kier molecular flexibility index (Phi) is 5.94. The molecule has 0 saturated carbocycles. The molecule has 0 aliphatic carbocycles. The van der Waals surface area contributed by atoms with Crippen LogP contribution in [0.2, 0.25) is 0 Å².